The van der Waals surface area contributed by atoms with Gasteiger partial charge in [-0.1, -0.05) is 26.0 Å². The summed E-state index contributed by atoms with van der Waals surface area (Å²) in [5.41, 5.74) is 0.765. The van der Waals surface area contributed by atoms with Crippen LogP contribution in [0.3, 0.4) is 0 Å². The predicted octanol–water partition coefficient (Wildman–Crippen LogP) is 3.09. The summed E-state index contributed by atoms with van der Waals surface area (Å²) in [5.74, 6) is 0.780. The van der Waals surface area contributed by atoms with Crippen LogP contribution in [-0.4, -0.2) is 74.3 Å². The standard InChI is InChI=1S/C21H33FN4O.HI/c1-4-23-20(24-16-21(2,3)17-6-5-7-18(22)14-17)26-9-8-19(15-26)25-10-12-27-13-11-25;/h5-7,14,19H,4,8-13,15-16H2,1-3H3,(H,23,24);1H. The highest BCUT2D eigenvalue weighted by Crippen LogP contribution is 2.24. The summed E-state index contributed by atoms with van der Waals surface area (Å²) in [5, 5.41) is 3.44. The monoisotopic (exact) mass is 504 g/mol. The Bertz CT molecular complexity index is 649. The normalized spacial score (nSPS) is 21.5. The van der Waals surface area contributed by atoms with Crippen LogP contribution in [0.25, 0.3) is 0 Å². The lowest BCUT2D eigenvalue weighted by Gasteiger charge is -2.32. The highest BCUT2D eigenvalue weighted by molar-refractivity contribution is 14.0. The third kappa shape index (κ3) is 6.03. The molecule has 0 aliphatic carbocycles. The first kappa shape index (κ1) is 23.3. The summed E-state index contributed by atoms with van der Waals surface area (Å²) < 4.78 is 19.1. The van der Waals surface area contributed by atoms with Crippen LogP contribution in [0.15, 0.2) is 29.3 Å². The molecule has 2 aliphatic rings. The van der Waals surface area contributed by atoms with E-state index in [1.54, 1.807) is 12.1 Å². The van der Waals surface area contributed by atoms with Crippen molar-refractivity contribution >= 4 is 29.9 Å². The van der Waals surface area contributed by atoms with E-state index in [-0.39, 0.29) is 35.2 Å². The fourth-order valence-electron chi connectivity index (χ4n) is 3.87. The van der Waals surface area contributed by atoms with Gasteiger partial charge in [0.1, 0.15) is 5.82 Å². The molecule has 1 atom stereocenters. The van der Waals surface area contributed by atoms with Crippen LogP contribution in [0.2, 0.25) is 0 Å². The second-order valence-corrected chi connectivity index (χ2v) is 8.10. The van der Waals surface area contributed by atoms with Gasteiger partial charge in [0.25, 0.3) is 0 Å². The molecule has 1 N–H and O–H groups in total. The van der Waals surface area contributed by atoms with Gasteiger partial charge >= 0.3 is 0 Å². The molecule has 0 aromatic heterocycles. The van der Waals surface area contributed by atoms with E-state index >= 15 is 0 Å². The van der Waals surface area contributed by atoms with Gasteiger partial charge in [-0.15, -0.1) is 24.0 Å². The van der Waals surface area contributed by atoms with Gasteiger partial charge < -0.3 is 15.0 Å². The molecular weight excluding hydrogens is 470 g/mol. The maximum absolute atomic E-state index is 13.6. The van der Waals surface area contributed by atoms with Crippen LogP contribution in [0.1, 0.15) is 32.8 Å². The molecule has 2 heterocycles. The SMILES string of the molecule is CCNC(=NCC(C)(C)c1cccc(F)c1)N1CCC(N2CCOCC2)C1.I. The summed E-state index contributed by atoms with van der Waals surface area (Å²) in [7, 11) is 0. The first-order chi connectivity index (χ1) is 13.0. The fraction of sp³-hybridized carbons (Fsp3) is 0.667. The van der Waals surface area contributed by atoms with Crippen molar-refractivity contribution in [2.75, 3.05) is 52.5 Å². The molecule has 1 aromatic carbocycles. The molecule has 3 rings (SSSR count). The molecule has 0 amide bonds. The van der Waals surface area contributed by atoms with Gasteiger partial charge in [-0.25, -0.2) is 4.39 Å². The predicted molar refractivity (Wildman–Crippen MR) is 123 cm³/mol. The van der Waals surface area contributed by atoms with Crippen LogP contribution in [0.5, 0.6) is 0 Å². The van der Waals surface area contributed by atoms with Crippen molar-refractivity contribution in [1.29, 1.82) is 0 Å². The largest absolute Gasteiger partial charge is 0.379 e. The van der Waals surface area contributed by atoms with E-state index in [0.29, 0.717) is 12.6 Å². The third-order valence-corrected chi connectivity index (χ3v) is 5.59. The highest BCUT2D eigenvalue weighted by Gasteiger charge is 2.30. The van der Waals surface area contributed by atoms with Crippen molar-refractivity contribution in [2.45, 2.75) is 38.6 Å². The van der Waals surface area contributed by atoms with Crippen LogP contribution in [0.4, 0.5) is 4.39 Å². The first-order valence-corrected chi connectivity index (χ1v) is 10.1. The second kappa shape index (κ2) is 10.7. The summed E-state index contributed by atoms with van der Waals surface area (Å²) in [4.78, 5) is 9.83. The smallest absolute Gasteiger partial charge is 0.193 e. The second-order valence-electron chi connectivity index (χ2n) is 8.10. The Labute approximate surface area is 185 Å². The molecule has 1 unspecified atom stereocenters. The van der Waals surface area contributed by atoms with Gasteiger partial charge in [0, 0.05) is 44.2 Å². The van der Waals surface area contributed by atoms with E-state index in [2.05, 4.69) is 35.9 Å². The highest BCUT2D eigenvalue weighted by atomic mass is 127. The van der Waals surface area contributed by atoms with Crippen molar-refractivity contribution in [1.82, 2.24) is 15.1 Å². The maximum atomic E-state index is 13.6. The number of likely N-dealkylation sites (tertiary alicyclic amines) is 1. The number of aliphatic imine (C=N–C) groups is 1. The first-order valence-electron chi connectivity index (χ1n) is 10.1. The average molecular weight is 504 g/mol. The minimum atomic E-state index is -0.216. The van der Waals surface area contributed by atoms with Crippen LogP contribution < -0.4 is 5.32 Å². The molecule has 1 aromatic rings. The van der Waals surface area contributed by atoms with E-state index in [1.807, 2.05) is 6.07 Å². The molecule has 0 radical (unpaired) electrons. The number of hydrogen-bond donors (Lipinski definition) is 1. The molecule has 2 fully saturated rings. The molecule has 158 valence electrons. The summed E-state index contributed by atoms with van der Waals surface area (Å²) in [6.07, 6.45) is 1.16. The van der Waals surface area contributed by atoms with Gasteiger partial charge in [0.2, 0.25) is 0 Å². The molecule has 0 bridgehead atoms. The number of halogens is 2. The minimum Gasteiger partial charge on any atom is -0.379 e. The fourth-order valence-corrected chi connectivity index (χ4v) is 3.87. The number of benzene rings is 1. The lowest BCUT2D eigenvalue weighted by atomic mass is 9.85. The Kier molecular flexibility index (Phi) is 8.95. The molecule has 2 saturated heterocycles. The molecule has 28 heavy (non-hydrogen) atoms. The number of guanidine groups is 1. The zero-order chi connectivity index (χ0) is 19.3. The topological polar surface area (TPSA) is 40.1 Å². The van der Waals surface area contributed by atoms with Gasteiger partial charge in [-0.05, 0) is 31.0 Å². The maximum Gasteiger partial charge on any atom is 0.193 e. The number of nitrogens with one attached hydrogen (secondary N) is 1. The van der Waals surface area contributed by atoms with E-state index in [9.17, 15) is 4.39 Å². The van der Waals surface area contributed by atoms with Gasteiger partial charge in [-0.2, -0.15) is 0 Å². The average Bonchev–Trinajstić information content (AvgIpc) is 3.16. The molecule has 7 heteroatoms. The molecule has 0 saturated carbocycles. The Morgan fingerprint density at radius 3 is 2.71 bits per heavy atom. The number of rotatable bonds is 5. The molecular formula is C21H34FIN4O. The quantitative estimate of drug-likeness (QED) is 0.380. The van der Waals surface area contributed by atoms with Crippen LogP contribution in [0, 0.1) is 5.82 Å². The number of nitrogens with zero attached hydrogens (tertiary/aromatic N) is 3. The minimum absolute atomic E-state index is 0. The Morgan fingerprint density at radius 2 is 2.04 bits per heavy atom. The van der Waals surface area contributed by atoms with Crippen LogP contribution in [-0.2, 0) is 10.2 Å². The van der Waals surface area contributed by atoms with E-state index in [0.717, 1.165) is 63.9 Å². The third-order valence-electron chi connectivity index (χ3n) is 5.59. The Morgan fingerprint density at radius 1 is 1.29 bits per heavy atom. The molecule has 5 nitrogen and oxygen atoms in total. The lowest BCUT2D eigenvalue weighted by molar-refractivity contribution is 0.0195. The van der Waals surface area contributed by atoms with E-state index < -0.39 is 0 Å². The van der Waals surface area contributed by atoms with Crippen molar-refractivity contribution in [3.8, 4) is 0 Å². The number of hydrogen-bond acceptors (Lipinski definition) is 3. The number of ether oxygens (including phenoxy) is 1. The molecule has 0 spiro atoms. The van der Waals surface area contributed by atoms with Crippen molar-refractivity contribution in [3.63, 3.8) is 0 Å². The van der Waals surface area contributed by atoms with Gasteiger partial charge in [0.05, 0.1) is 19.8 Å². The van der Waals surface area contributed by atoms with E-state index in [1.165, 1.54) is 6.07 Å². The van der Waals surface area contributed by atoms with Crippen molar-refractivity contribution in [3.05, 3.63) is 35.6 Å². The van der Waals surface area contributed by atoms with Gasteiger partial charge in [-0.3, -0.25) is 9.89 Å². The summed E-state index contributed by atoms with van der Waals surface area (Å²) >= 11 is 0. The Balaban J connectivity index is 0.00000280. The van der Waals surface area contributed by atoms with Gasteiger partial charge in [0.15, 0.2) is 5.96 Å². The van der Waals surface area contributed by atoms with Crippen LogP contribution >= 0.6 is 24.0 Å². The summed E-state index contributed by atoms with van der Waals surface area (Å²) in [6, 6.07) is 7.44. The number of morpholine rings is 1. The van der Waals surface area contributed by atoms with Crippen molar-refractivity contribution < 1.29 is 9.13 Å². The summed E-state index contributed by atoms with van der Waals surface area (Å²) in [6.45, 7) is 13.6. The Hall–Kier alpha value is -0.930. The zero-order valence-electron chi connectivity index (χ0n) is 17.3. The van der Waals surface area contributed by atoms with E-state index in [4.69, 9.17) is 9.73 Å². The lowest BCUT2D eigenvalue weighted by Crippen LogP contribution is -2.47. The molecule has 2 aliphatic heterocycles. The zero-order valence-corrected chi connectivity index (χ0v) is 19.6. The van der Waals surface area contributed by atoms with Crippen molar-refractivity contribution in [2.24, 2.45) is 4.99 Å².